The van der Waals surface area contributed by atoms with Crippen LogP contribution in [0.3, 0.4) is 0 Å². The van der Waals surface area contributed by atoms with Crippen molar-refractivity contribution in [2.45, 2.75) is 32.1 Å². The van der Waals surface area contributed by atoms with Gasteiger partial charge in [0, 0.05) is 26.0 Å². The summed E-state index contributed by atoms with van der Waals surface area (Å²) in [5, 5.41) is 0. The molecule has 3 heterocycles. The molecule has 2 aromatic heterocycles. The molecule has 1 saturated heterocycles. The molecular formula is C20H24N4O. The van der Waals surface area contributed by atoms with Gasteiger partial charge in [0.15, 0.2) is 0 Å². The Morgan fingerprint density at radius 3 is 2.96 bits per heavy atom. The van der Waals surface area contributed by atoms with E-state index in [2.05, 4.69) is 45.8 Å². The molecule has 1 fully saturated rings. The van der Waals surface area contributed by atoms with Crippen molar-refractivity contribution in [3.63, 3.8) is 0 Å². The minimum Gasteiger partial charge on any atom is -0.372 e. The number of aryl methyl sites for hydroxylation is 1. The fourth-order valence-corrected chi connectivity index (χ4v) is 3.53. The van der Waals surface area contributed by atoms with Gasteiger partial charge >= 0.3 is 0 Å². The number of likely N-dealkylation sites (tertiary alicyclic amines) is 1. The zero-order valence-electron chi connectivity index (χ0n) is 14.6. The molecule has 0 spiro atoms. The minimum absolute atomic E-state index is 0.281. The van der Waals surface area contributed by atoms with E-state index in [1.807, 2.05) is 18.3 Å². The maximum Gasteiger partial charge on any atom is 0.123 e. The zero-order valence-corrected chi connectivity index (χ0v) is 14.6. The molecule has 25 heavy (non-hydrogen) atoms. The lowest BCUT2D eigenvalue weighted by molar-refractivity contribution is -0.0128. The molecule has 0 bridgehead atoms. The zero-order chi connectivity index (χ0) is 17.1. The predicted octanol–water partition coefficient (Wildman–Crippen LogP) is 3.15. The van der Waals surface area contributed by atoms with Gasteiger partial charge in [-0.3, -0.25) is 9.88 Å². The number of benzene rings is 1. The largest absolute Gasteiger partial charge is 0.372 e. The Morgan fingerprint density at radius 1 is 1.20 bits per heavy atom. The molecule has 1 aliphatic rings. The summed E-state index contributed by atoms with van der Waals surface area (Å²) in [5.74, 6) is 1.12. The highest BCUT2D eigenvalue weighted by Crippen LogP contribution is 2.19. The van der Waals surface area contributed by atoms with E-state index in [1.165, 1.54) is 11.9 Å². The molecule has 5 nitrogen and oxygen atoms in total. The van der Waals surface area contributed by atoms with Crippen LogP contribution >= 0.6 is 0 Å². The van der Waals surface area contributed by atoms with Crippen molar-refractivity contribution in [3.05, 3.63) is 60.2 Å². The monoisotopic (exact) mass is 336 g/mol. The van der Waals surface area contributed by atoms with E-state index in [0.717, 1.165) is 43.0 Å². The summed E-state index contributed by atoms with van der Waals surface area (Å²) in [4.78, 5) is 11.4. The summed E-state index contributed by atoms with van der Waals surface area (Å²) in [6, 6.07) is 12.3. The Hall–Kier alpha value is -2.24. The van der Waals surface area contributed by atoms with Crippen LogP contribution < -0.4 is 0 Å². The quantitative estimate of drug-likeness (QED) is 0.718. The van der Waals surface area contributed by atoms with Crippen molar-refractivity contribution in [3.8, 4) is 0 Å². The Morgan fingerprint density at radius 2 is 2.12 bits per heavy atom. The van der Waals surface area contributed by atoms with E-state index in [0.29, 0.717) is 6.61 Å². The lowest BCUT2D eigenvalue weighted by atomic mass is 10.1. The number of para-hydroxylation sites is 2. The van der Waals surface area contributed by atoms with Crippen LogP contribution in [0.15, 0.2) is 48.8 Å². The number of hydrogen-bond donors (Lipinski definition) is 0. The molecular weight excluding hydrogens is 312 g/mol. The predicted molar refractivity (Wildman–Crippen MR) is 98.0 cm³/mol. The Kier molecular flexibility index (Phi) is 4.76. The summed E-state index contributed by atoms with van der Waals surface area (Å²) in [6.45, 7) is 3.58. The number of pyridine rings is 1. The van der Waals surface area contributed by atoms with E-state index in [4.69, 9.17) is 9.72 Å². The highest BCUT2D eigenvalue weighted by molar-refractivity contribution is 5.75. The standard InChI is InChI=1S/C20H24N4O/c1-23-19-9-3-2-8-18(19)22-20(23)14-24-11-5-7-17(13-24)25-15-16-6-4-10-21-12-16/h2-4,6,8-10,12,17H,5,7,11,13-15H2,1H3. The first-order valence-electron chi connectivity index (χ1n) is 8.93. The summed E-state index contributed by atoms with van der Waals surface area (Å²) in [7, 11) is 2.10. The van der Waals surface area contributed by atoms with E-state index in [9.17, 15) is 0 Å². The van der Waals surface area contributed by atoms with Crippen LogP contribution in [0.5, 0.6) is 0 Å². The number of nitrogens with zero attached hydrogens (tertiary/aromatic N) is 4. The molecule has 1 aromatic carbocycles. The van der Waals surface area contributed by atoms with E-state index in [-0.39, 0.29) is 6.10 Å². The van der Waals surface area contributed by atoms with Crippen LogP contribution in [0.25, 0.3) is 11.0 Å². The van der Waals surface area contributed by atoms with Gasteiger partial charge in [-0.15, -0.1) is 0 Å². The number of piperidine rings is 1. The third-order valence-corrected chi connectivity index (χ3v) is 4.92. The SMILES string of the molecule is Cn1c(CN2CCCC(OCc3cccnc3)C2)nc2ccccc21. The van der Waals surface area contributed by atoms with Crippen LogP contribution in [0, 0.1) is 0 Å². The normalized spacial score (nSPS) is 18.7. The topological polar surface area (TPSA) is 43.2 Å². The van der Waals surface area contributed by atoms with Crippen molar-refractivity contribution >= 4 is 11.0 Å². The number of rotatable bonds is 5. The van der Waals surface area contributed by atoms with E-state index in [1.54, 1.807) is 6.20 Å². The number of ether oxygens (including phenoxy) is 1. The van der Waals surface area contributed by atoms with Crippen LogP contribution in [0.2, 0.25) is 0 Å². The summed E-state index contributed by atoms with van der Waals surface area (Å²) in [6.07, 6.45) is 6.24. The minimum atomic E-state index is 0.281. The number of fused-ring (bicyclic) bond motifs is 1. The first kappa shape index (κ1) is 16.2. The molecule has 5 heteroatoms. The molecule has 4 rings (SSSR count). The van der Waals surface area contributed by atoms with E-state index >= 15 is 0 Å². The van der Waals surface area contributed by atoms with Crippen molar-refractivity contribution < 1.29 is 4.74 Å². The average Bonchev–Trinajstić information content (AvgIpc) is 2.97. The van der Waals surface area contributed by atoms with Gasteiger partial charge in [0.25, 0.3) is 0 Å². The second-order valence-corrected chi connectivity index (χ2v) is 6.75. The highest BCUT2D eigenvalue weighted by atomic mass is 16.5. The molecule has 130 valence electrons. The lowest BCUT2D eigenvalue weighted by Gasteiger charge is -2.32. The summed E-state index contributed by atoms with van der Waals surface area (Å²) < 4.78 is 8.32. The second kappa shape index (κ2) is 7.33. The van der Waals surface area contributed by atoms with Gasteiger partial charge < -0.3 is 9.30 Å². The third-order valence-electron chi connectivity index (χ3n) is 4.92. The molecule has 0 saturated carbocycles. The van der Waals surface area contributed by atoms with Gasteiger partial charge in [0.05, 0.1) is 30.3 Å². The van der Waals surface area contributed by atoms with Gasteiger partial charge in [-0.05, 0) is 43.1 Å². The first-order chi connectivity index (χ1) is 12.3. The van der Waals surface area contributed by atoms with Gasteiger partial charge in [-0.1, -0.05) is 18.2 Å². The molecule has 0 amide bonds. The van der Waals surface area contributed by atoms with Gasteiger partial charge in [-0.2, -0.15) is 0 Å². The highest BCUT2D eigenvalue weighted by Gasteiger charge is 2.22. The number of hydrogen-bond acceptors (Lipinski definition) is 4. The van der Waals surface area contributed by atoms with Gasteiger partial charge in [0.1, 0.15) is 5.82 Å². The molecule has 3 aromatic rings. The van der Waals surface area contributed by atoms with E-state index < -0.39 is 0 Å². The van der Waals surface area contributed by atoms with Gasteiger partial charge in [0.2, 0.25) is 0 Å². The van der Waals surface area contributed by atoms with Crippen molar-refractivity contribution in [1.29, 1.82) is 0 Å². The van der Waals surface area contributed by atoms with Crippen LogP contribution in [0.1, 0.15) is 24.2 Å². The maximum atomic E-state index is 6.12. The lowest BCUT2D eigenvalue weighted by Crippen LogP contribution is -2.39. The fourth-order valence-electron chi connectivity index (χ4n) is 3.53. The molecule has 1 unspecified atom stereocenters. The van der Waals surface area contributed by atoms with Crippen molar-refractivity contribution in [1.82, 2.24) is 19.4 Å². The maximum absolute atomic E-state index is 6.12. The molecule has 0 aliphatic carbocycles. The van der Waals surface area contributed by atoms with Gasteiger partial charge in [-0.25, -0.2) is 4.98 Å². The third kappa shape index (κ3) is 3.72. The second-order valence-electron chi connectivity index (χ2n) is 6.75. The molecule has 1 aliphatic heterocycles. The first-order valence-corrected chi connectivity index (χ1v) is 8.93. The van der Waals surface area contributed by atoms with Crippen molar-refractivity contribution in [2.75, 3.05) is 13.1 Å². The van der Waals surface area contributed by atoms with Crippen LogP contribution in [-0.2, 0) is 24.9 Å². The smallest absolute Gasteiger partial charge is 0.123 e. The van der Waals surface area contributed by atoms with Crippen LogP contribution in [-0.4, -0.2) is 38.6 Å². The molecule has 0 radical (unpaired) electrons. The molecule has 1 atom stereocenters. The Bertz CT molecular complexity index is 830. The molecule has 0 N–H and O–H groups in total. The number of aromatic nitrogens is 3. The Labute approximate surface area is 148 Å². The Balaban J connectivity index is 1.38. The average molecular weight is 336 g/mol. The number of imidazole rings is 1. The fraction of sp³-hybridized carbons (Fsp3) is 0.400. The summed E-state index contributed by atoms with van der Waals surface area (Å²) >= 11 is 0. The van der Waals surface area contributed by atoms with Crippen molar-refractivity contribution in [2.24, 2.45) is 7.05 Å². The summed E-state index contributed by atoms with van der Waals surface area (Å²) in [5.41, 5.74) is 3.40. The van der Waals surface area contributed by atoms with Crippen LogP contribution in [0.4, 0.5) is 0 Å².